The van der Waals surface area contributed by atoms with Crippen molar-refractivity contribution < 1.29 is 9.32 Å². The fourth-order valence-electron chi connectivity index (χ4n) is 2.66. The van der Waals surface area contributed by atoms with E-state index < -0.39 is 0 Å². The summed E-state index contributed by atoms with van der Waals surface area (Å²) in [4.78, 5) is 12.1. The van der Waals surface area contributed by atoms with Crippen LogP contribution in [0.4, 0.5) is 0 Å². The molecule has 0 spiro atoms. The van der Waals surface area contributed by atoms with E-state index in [4.69, 9.17) is 4.52 Å². The standard InChI is InChI=1S/C15H19N3O2.ClH/c1-10-6-7-16-9-13(10)17-15(19)8-12-11-4-2-3-5-14(11)20-18-12;/h2-5,10,13,16H,6-9H2,1H3,(H,17,19);1H. The SMILES string of the molecule is CC1CCNCC1NC(=O)Cc1noc2ccccc12.Cl. The molecule has 21 heavy (non-hydrogen) atoms. The van der Waals surface area contributed by atoms with Gasteiger partial charge in [0.1, 0.15) is 5.69 Å². The van der Waals surface area contributed by atoms with Crippen LogP contribution in [0, 0.1) is 5.92 Å². The van der Waals surface area contributed by atoms with Gasteiger partial charge in [-0.15, -0.1) is 12.4 Å². The molecule has 0 bridgehead atoms. The zero-order valence-electron chi connectivity index (χ0n) is 12.0. The molecule has 1 aliphatic heterocycles. The molecule has 1 fully saturated rings. The molecule has 5 nitrogen and oxygen atoms in total. The van der Waals surface area contributed by atoms with Crippen molar-refractivity contribution in [3.8, 4) is 0 Å². The molecule has 1 aromatic heterocycles. The second-order valence-electron chi connectivity index (χ2n) is 5.45. The van der Waals surface area contributed by atoms with E-state index in [0.29, 0.717) is 11.6 Å². The average molecular weight is 310 g/mol. The highest BCUT2D eigenvalue weighted by Crippen LogP contribution is 2.18. The third-order valence-electron chi connectivity index (χ3n) is 3.95. The van der Waals surface area contributed by atoms with Crippen LogP contribution in [0.5, 0.6) is 0 Å². The Labute approximate surface area is 129 Å². The Morgan fingerprint density at radius 3 is 3.10 bits per heavy atom. The van der Waals surface area contributed by atoms with Crippen LogP contribution < -0.4 is 10.6 Å². The third kappa shape index (κ3) is 3.54. The number of halogens is 1. The van der Waals surface area contributed by atoms with Gasteiger partial charge < -0.3 is 15.2 Å². The maximum atomic E-state index is 12.1. The molecule has 0 aliphatic carbocycles. The van der Waals surface area contributed by atoms with Crippen LogP contribution in [0.1, 0.15) is 19.0 Å². The maximum Gasteiger partial charge on any atom is 0.226 e. The Morgan fingerprint density at radius 2 is 2.29 bits per heavy atom. The highest BCUT2D eigenvalue weighted by atomic mass is 35.5. The number of aromatic nitrogens is 1. The number of piperidine rings is 1. The molecule has 1 aliphatic rings. The number of fused-ring (bicyclic) bond motifs is 1. The summed E-state index contributed by atoms with van der Waals surface area (Å²) in [5.74, 6) is 0.513. The first kappa shape index (κ1) is 15.8. The van der Waals surface area contributed by atoms with Gasteiger partial charge in [-0.05, 0) is 31.0 Å². The average Bonchev–Trinajstić information content (AvgIpc) is 2.85. The number of rotatable bonds is 3. The number of nitrogens with one attached hydrogen (secondary N) is 2. The van der Waals surface area contributed by atoms with Crippen LogP contribution in [0.3, 0.4) is 0 Å². The minimum Gasteiger partial charge on any atom is -0.356 e. The van der Waals surface area contributed by atoms with Crippen LogP contribution in [-0.4, -0.2) is 30.2 Å². The molecule has 3 rings (SSSR count). The molecule has 2 atom stereocenters. The van der Waals surface area contributed by atoms with Gasteiger partial charge in [-0.25, -0.2) is 0 Å². The molecule has 0 saturated carbocycles. The number of hydrogen-bond acceptors (Lipinski definition) is 4. The number of carbonyl (C=O) groups is 1. The normalized spacial score (nSPS) is 21.8. The van der Waals surface area contributed by atoms with Crippen LogP contribution in [0.15, 0.2) is 28.8 Å². The van der Waals surface area contributed by atoms with E-state index in [1.54, 1.807) is 0 Å². The number of benzene rings is 1. The number of carbonyl (C=O) groups excluding carboxylic acids is 1. The third-order valence-corrected chi connectivity index (χ3v) is 3.95. The van der Waals surface area contributed by atoms with Crippen LogP contribution in [0.25, 0.3) is 11.0 Å². The molecule has 2 unspecified atom stereocenters. The summed E-state index contributed by atoms with van der Waals surface area (Å²) in [5.41, 5.74) is 1.43. The molecule has 0 radical (unpaired) electrons. The largest absolute Gasteiger partial charge is 0.356 e. The van der Waals surface area contributed by atoms with E-state index in [-0.39, 0.29) is 30.8 Å². The lowest BCUT2D eigenvalue weighted by Crippen LogP contribution is -2.50. The second-order valence-corrected chi connectivity index (χ2v) is 5.45. The second kappa shape index (κ2) is 6.91. The molecule has 2 heterocycles. The molecule has 2 aromatic rings. The Morgan fingerprint density at radius 1 is 1.48 bits per heavy atom. The van der Waals surface area contributed by atoms with Crippen LogP contribution >= 0.6 is 12.4 Å². The van der Waals surface area contributed by atoms with Crippen molar-refractivity contribution in [3.63, 3.8) is 0 Å². The van der Waals surface area contributed by atoms with E-state index >= 15 is 0 Å². The first-order valence-corrected chi connectivity index (χ1v) is 7.07. The number of para-hydroxylation sites is 1. The van der Waals surface area contributed by atoms with E-state index in [0.717, 1.165) is 30.5 Å². The van der Waals surface area contributed by atoms with Gasteiger partial charge in [-0.1, -0.05) is 24.2 Å². The van der Waals surface area contributed by atoms with Crippen molar-refractivity contribution in [2.24, 2.45) is 5.92 Å². The highest BCUT2D eigenvalue weighted by Gasteiger charge is 2.23. The van der Waals surface area contributed by atoms with Crippen molar-refractivity contribution in [3.05, 3.63) is 30.0 Å². The molecular weight excluding hydrogens is 290 g/mol. The molecule has 1 saturated heterocycles. The smallest absolute Gasteiger partial charge is 0.226 e. The van der Waals surface area contributed by atoms with E-state index in [9.17, 15) is 4.79 Å². The van der Waals surface area contributed by atoms with Crippen LogP contribution in [0.2, 0.25) is 0 Å². The number of amides is 1. The summed E-state index contributed by atoms with van der Waals surface area (Å²) in [5, 5.41) is 11.3. The topological polar surface area (TPSA) is 67.2 Å². The molecular formula is C15H20ClN3O2. The zero-order valence-corrected chi connectivity index (χ0v) is 12.8. The van der Waals surface area contributed by atoms with Crippen molar-refractivity contribution in [2.75, 3.05) is 13.1 Å². The maximum absolute atomic E-state index is 12.1. The Hall–Kier alpha value is -1.59. The highest BCUT2D eigenvalue weighted by molar-refractivity contribution is 5.86. The first-order valence-electron chi connectivity index (χ1n) is 7.07. The number of nitrogens with zero attached hydrogens (tertiary/aromatic N) is 1. The fraction of sp³-hybridized carbons (Fsp3) is 0.467. The van der Waals surface area contributed by atoms with Crippen LogP contribution in [-0.2, 0) is 11.2 Å². The van der Waals surface area contributed by atoms with Crippen molar-refractivity contribution in [2.45, 2.75) is 25.8 Å². The fourth-order valence-corrected chi connectivity index (χ4v) is 2.66. The molecule has 6 heteroatoms. The zero-order chi connectivity index (χ0) is 13.9. The van der Waals surface area contributed by atoms with Crippen molar-refractivity contribution in [1.82, 2.24) is 15.8 Å². The minimum atomic E-state index is 0. The molecule has 2 N–H and O–H groups in total. The quantitative estimate of drug-likeness (QED) is 0.909. The Bertz CT molecular complexity index is 614. The molecule has 1 aromatic carbocycles. The first-order chi connectivity index (χ1) is 9.74. The lowest BCUT2D eigenvalue weighted by molar-refractivity contribution is -0.121. The van der Waals surface area contributed by atoms with Crippen molar-refractivity contribution in [1.29, 1.82) is 0 Å². The summed E-state index contributed by atoms with van der Waals surface area (Å²) in [7, 11) is 0. The van der Waals surface area contributed by atoms with Gasteiger partial charge in [0.25, 0.3) is 0 Å². The monoisotopic (exact) mass is 309 g/mol. The van der Waals surface area contributed by atoms with Gasteiger partial charge in [-0.3, -0.25) is 4.79 Å². The van der Waals surface area contributed by atoms with Gasteiger partial charge in [0, 0.05) is 18.0 Å². The Kier molecular flexibility index (Phi) is 5.20. The molecule has 1 amide bonds. The van der Waals surface area contributed by atoms with Gasteiger partial charge in [0.05, 0.1) is 6.42 Å². The lowest BCUT2D eigenvalue weighted by Gasteiger charge is -2.30. The van der Waals surface area contributed by atoms with Gasteiger partial charge >= 0.3 is 0 Å². The van der Waals surface area contributed by atoms with E-state index in [1.165, 1.54) is 0 Å². The lowest BCUT2D eigenvalue weighted by atomic mass is 9.94. The predicted molar refractivity (Wildman–Crippen MR) is 83.5 cm³/mol. The van der Waals surface area contributed by atoms with Crippen molar-refractivity contribution >= 4 is 29.3 Å². The summed E-state index contributed by atoms with van der Waals surface area (Å²) >= 11 is 0. The predicted octanol–water partition coefficient (Wildman–Crippen LogP) is 1.91. The Balaban J connectivity index is 0.00000161. The number of hydrogen-bond donors (Lipinski definition) is 2. The minimum absolute atomic E-state index is 0. The van der Waals surface area contributed by atoms with Gasteiger partial charge in [-0.2, -0.15) is 0 Å². The molecule has 114 valence electrons. The summed E-state index contributed by atoms with van der Waals surface area (Å²) in [6.45, 7) is 4.05. The van der Waals surface area contributed by atoms with Gasteiger partial charge in [0.2, 0.25) is 5.91 Å². The summed E-state index contributed by atoms with van der Waals surface area (Å²) in [6.07, 6.45) is 1.36. The van der Waals surface area contributed by atoms with E-state index in [1.807, 2.05) is 24.3 Å². The summed E-state index contributed by atoms with van der Waals surface area (Å²) in [6, 6.07) is 7.81. The van der Waals surface area contributed by atoms with E-state index in [2.05, 4.69) is 22.7 Å². The summed E-state index contributed by atoms with van der Waals surface area (Å²) < 4.78 is 5.22. The van der Waals surface area contributed by atoms with Gasteiger partial charge in [0.15, 0.2) is 5.58 Å².